The van der Waals surface area contributed by atoms with Gasteiger partial charge in [0, 0.05) is 0 Å². The van der Waals surface area contributed by atoms with Crippen LogP contribution in [0.2, 0.25) is 0 Å². The molecule has 0 saturated heterocycles. The summed E-state index contributed by atoms with van der Waals surface area (Å²) < 4.78 is 0. The van der Waals surface area contributed by atoms with Crippen LogP contribution in [0.5, 0.6) is 0 Å². The van der Waals surface area contributed by atoms with Gasteiger partial charge in [0.1, 0.15) is 0 Å². The maximum absolute atomic E-state index is 2.32. The molecule has 13 heavy (non-hydrogen) atoms. The molecule has 0 N–H and O–H groups in total. The van der Waals surface area contributed by atoms with E-state index < -0.39 is 0 Å². The van der Waals surface area contributed by atoms with E-state index in [1.54, 1.807) is 11.1 Å². The average molecular weight is 174 g/mol. The van der Waals surface area contributed by atoms with Crippen LogP contribution in [0.4, 0.5) is 0 Å². The van der Waals surface area contributed by atoms with Gasteiger partial charge in [0.25, 0.3) is 0 Å². The monoisotopic (exact) mass is 174 g/mol. The molecule has 0 amide bonds. The van der Waals surface area contributed by atoms with Crippen molar-refractivity contribution in [3.63, 3.8) is 0 Å². The molecule has 0 radical (unpaired) electrons. The molecule has 1 atom stereocenters. The maximum atomic E-state index is 2.32. The van der Waals surface area contributed by atoms with Gasteiger partial charge in [0.15, 0.2) is 0 Å². The molecular weight excluding hydrogens is 156 g/mol. The summed E-state index contributed by atoms with van der Waals surface area (Å²) in [5.41, 5.74) is 3.24. The van der Waals surface area contributed by atoms with Crippen LogP contribution in [0.25, 0.3) is 0 Å². The van der Waals surface area contributed by atoms with Crippen LogP contribution in [0, 0.1) is 0 Å². The minimum absolute atomic E-state index is 0.871. The predicted molar refractivity (Wildman–Crippen MR) is 57.0 cm³/mol. The highest BCUT2D eigenvalue weighted by molar-refractivity contribution is 5.34. The normalized spacial score (nSPS) is 20.2. The molecule has 2 rings (SSSR count). The van der Waals surface area contributed by atoms with Crippen LogP contribution >= 0.6 is 0 Å². The van der Waals surface area contributed by atoms with E-state index in [4.69, 9.17) is 0 Å². The Bertz CT molecular complexity index is 275. The smallest absolute Gasteiger partial charge is 0.0156 e. The van der Waals surface area contributed by atoms with Crippen LogP contribution in [-0.4, -0.2) is 0 Å². The van der Waals surface area contributed by atoms with E-state index in [9.17, 15) is 0 Å². The van der Waals surface area contributed by atoms with Gasteiger partial charge in [-0.05, 0) is 36.3 Å². The third-order valence-electron chi connectivity index (χ3n) is 3.16. The van der Waals surface area contributed by atoms with Gasteiger partial charge in [-0.1, -0.05) is 44.0 Å². The molecule has 0 nitrogen and oxygen atoms in total. The summed E-state index contributed by atoms with van der Waals surface area (Å²) in [4.78, 5) is 0. The summed E-state index contributed by atoms with van der Waals surface area (Å²) in [6.45, 7) is 2.28. The summed E-state index contributed by atoms with van der Waals surface area (Å²) in [6.07, 6.45) is 6.81. The first-order chi connectivity index (χ1) is 6.42. The lowest BCUT2D eigenvalue weighted by molar-refractivity contribution is 0.580. The number of aryl methyl sites for hydroxylation is 1. The molecule has 0 fully saturated rings. The molecule has 0 heterocycles. The molecule has 0 aliphatic heterocycles. The van der Waals surface area contributed by atoms with Gasteiger partial charge in [-0.15, -0.1) is 0 Å². The topological polar surface area (TPSA) is 0 Å². The first kappa shape index (κ1) is 8.80. The van der Waals surface area contributed by atoms with Crippen molar-refractivity contribution in [3.05, 3.63) is 35.4 Å². The zero-order valence-corrected chi connectivity index (χ0v) is 8.42. The molecule has 1 aromatic carbocycles. The molecule has 0 saturated carbocycles. The van der Waals surface area contributed by atoms with Crippen LogP contribution in [0.15, 0.2) is 24.3 Å². The van der Waals surface area contributed by atoms with Crippen molar-refractivity contribution in [2.45, 2.75) is 44.9 Å². The second-order valence-electron chi connectivity index (χ2n) is 4.08. The Morgan fingerprint density at radius 1 is 1.31 bits per heavy atom. The third kappa shape index (κ3) is 1.77. The molecule has 70 valence electrons. The average Bonchev–Trinajstić information content (AvgIpc) is 2.58. The Balaban J connectivity index is 2.09. The van der Waals surface area contributed by atoms with E-state index in [0.717, 1.165) is 5.92 Å². The van der Waals surface area contributed by atoms with Crippen LogP contribution in [-0.2, 0) is 6.42 Å². The van der Waals surface area contributed by atoms with Gasteiger partial charge < -0.3 is 0 Å². The third-order valence-corrected chi connectivity index (χ3v) is 3.16. The number of hydrogen-bond acceptors (Lipinski definition) is 0. The maximum Gasteiger partial charge on any atom is -0.0156 e. The Kier molecular flexibility index (Phi) is 2.68. The van der Waals surface area contributed by atoms with Crippen LogP contribution < -0.4 is 0 Å². The molecule has 0 bridgehead atoms. The van der Waals surface area contributed by atoms with Gasteiger partial charge in [0.05, 0.1) is 0 Å². The molecule has 0 aromatic heterocycles. The fourth-order valence-electron chi connectivity index (χ4n) is 2.40. The molecular formula is C13H18. The first-order valence-electron chi connectivity index (χ1n) is 5.49. The van der Waals surface area contributed by atoms with Crippen molar-refractivity contribution < 1.29 is 0 Å². The van der Waals surface area contributed by atoms with E-state index in [1.165, 1.54) is 32.1 Å². The lowest BCUT2D eigenvalue weighted by Gasteiger charge is -2.09. The standard InChI is InChI=1S/C13H18/c1-2-3-6-11-9-10-12-7-4-5-8-13(11)12/h4-5,7-8,11H,2-3,6,9-10H2,1H3/t11-/m1/s1. The van der Waals surface area contributed by atoms with Gasteiger partial charge in [-0.2, -0.15) is 0 Å². The number of hydrogen-bond donors (Lipinski definition) is 0. The summed E-state index contributed by atoms with van der Waals surface area (Å²) in [7, 11) is 0. The van der Waals surface area contributed by atoms with Crippen molar-refractivity contribution in [2.75, 3.05) is 0 Å². The Labute approximate surface area is 81.0 Å². The summed E-state index contributed by atoms with van der Waals surface area (Å²) in [5, 5.41) is 0. The van der Waals surface area contributed by atoms with Crippen molar-refractivity contribution in [2.24, 2.45) is 0 Å². The van der Waals surface area contributed by atoms with Crippen LogP contribution in [0.3, 0.4) is 0 Å². The quantitative estimate of drug-likeness (QED) is 0.651. The van der Waals surface area contributed by atoms with E-state index in [2.05, 4.69) is 31.2 Å². The molecule has 0 spiro atoms. The first-order valence-corrected chi connectivity index (χ1v) is 5.49. The zero-order valence-electron chi connectivity index (χ0n) is 8.42. The molecule has 0 unspecified atom stereocenters. The highest BCUT2D eigenvalue weighted by atomic mass is 14.2. The Morgan fingerprint density at radius 2 is 2.15 bits per heavy atom. The van der Waals surface area contributed by atoms with Crippen LogP contribution in [0.1, 0.15) is 49.7 Å². The van der Waals surface area contributed by atoms with Gasteiger partial charge in [0.2, 0.25) is 0 Å². The lowest BCUT2D eigenvalue weighted by Crippen LogP contribution is -1.92. The summed E-state index contributed by atoms with van der Waals surface area (Å²) >= 11 is 0. The highest BCUT2D eigenvalue weighted by Crippen LogP contribution is 2.36. The van der Waals surface area contributed by atoms with Crippen molar-refractivity contribution >= 4 is 0 Å². The van der Waals surface area contributed by atoms with Gasteiger partial charge in [-0.3, -0.25) is 0 Å². The number of rotatable bonds is 3. The molecule has 1 aliphatic rings. The largest absolute Gasteiger partial charge is 0.0654 e. The van der Waals surface area contributed by atoms with E-state index in [0.29, 0.717) is 0 Å². The minimum Gasteiger partial charge on any atom is -0.0654 e. The molecule has 1 aliphatic carbocycles. The number of unbranched alkanes of at least 4 members (excludes halogenated alkanes) is 1. The number of benzene rings is 1. The second kappa shape index (κ2) is 3.95. The Hall–Kier alpha value is -0.780. The lowest BCUT2D eigenvalue weighted by atomic mass is 9.96. The van der Waals surface area contributed by atoms with Gasteiger partial charge >= 0.3 is 0 Å². The summed E-state index contributed by atoms with van der Waals surface area (Å²) in [5.74, 6) is 0.871. The van der Waals surface area contributed by atoms with E-state index >= 15 is 0 Å². The molecule has 0 heteroatoms. The number of fused-ring (bicyclic) bond motifs is 1. The second-order valence-corrected chi connectivity index (χ2v) is 4.08. The Morgan fingerprint density at radius 3 is 3.00 bits per heavy atom. The molecule has 1 aromatic rings. The van der Waals surface area contributed by atoms with E-state index in [1.807, 2.05) is 0 Å². The van der Waals surface area contributed by atoms with Crippen molar-refractivity contribution in [1.29, 1.82) is 0 Å². The van der Waals surface area contributed by atoms with Crippen molar-refractivity contribution in [1.82, 2.24) is 0 Å². The van der Waals surface area contributed by atoms with E-state index in [-0.39, 0.29) is 0 Å². The fourth-order valence-corrected chi connectivity index (χ4v) is 2.40. The SMILES string of the molecule is CCCC[C@@H]1CCc2ccccc21. The highest BCUT2D eigenvalue weighted by Gasteiger charge is 2.20. The van der Waals surface area contributed by atoms with Gasteiger partial charge in [-0.25, -0.2) is 0 Å². The fraction of sp³-hybridized carbons (Fsp3) is 0.538. The van der Waals surface area contributed by atoms with Crippen molar-refractivity contribution in [3.8, 4) is 0 Å². The minimum atomic E-state index is 0.871. The predicted octanol–water partition coefficient (Wildman–Crippen LogP) is 3.91. The zero-order chi connectivity index (χ0) is 9.10. The summed E-state index contributed by atoms with van der Waals surface area (Å²) in [6, 6.07) is 8.97.